The fraction of sp³-hybridized carbons (Fsp3) is 0.235. The molecule has 0 aliphatic heterocycles. The molecule has 0 saturated heterocycles. The fourth-order valence-corrected chi connectivity index (χ4v) is 2.87. The quantitative estimate of drug-likeness (QED) is 0.827. The molecule has 2 aromatic carbocycles. The highest BCUT2D eigenvalue weighted by Gasteiger charge is 2.24. The Morgan fingerprint density at radius 2 is 1.95 bits per heavy atom. The van der Waals surface area contributed by atoms with E-state index < -0.39 is 0 Å². The minimum Gasteiger partial charge on any atom is -0.349 e. The molecule has 96 valence electrons. The molecule has 2 nitrogen and oxygen atoms in total. The van der Waals surface area contributed by atoms with Crippen LogP contribution in [0.1, 0.15) is 29.7 Å². The molecule has 1 aliphatic rings. The average molecular weight is 251 g/mol. The van der Waals surface area contributed by atoms with Crippen molar-refractivity contribution >= 4 is 5.91 Å². The predicted molar refractivity (Wildman–Crippen MR) is 76.9 cm³/mol. The summed E-state index contributed by atoms with van der Waals surface area (Å²) >= 11 is 0. The van der Waals surface area contributed by atoms with E-state index in [0.717, 1.165) is 6.42 Å². The van der Waals surface area contributed by atoms with E-state index in [4.69, 9.17) is 0 Å². The molecule has 0 heterocycles. The largest absolute Gasteiger partial charge is 0.349 e. The van der Waals surface area contributed by atoms with E-state index >= 15 is 0 Å². The molecular formula is C17H17NO. The smallest absolute Gasteiger partial charge is 0.217 e. The van der Waals surface area contributed by atoms with E-state index in [-0.39, 0.29) is 11.9 Å². The van der Waals surface area contributed by atoms with Gasteiger partial charge in [0, 0.05) is 6.92 Å². The molecule has 0 saturated carbocycles. The maximum atomic E-state index is 11.4. The number of rotatable bonds is 1. The van der Waals surface area contributed by atoms with Crippen LogP contribution in [0.5, 0.6) is 0 Å². The molecule has 0 radical (unpaired) electrons. The van der Waals surface area contributed by atoms with Crippen LogP contribution in [0.25, 0.3) is 11.1 Å². The van der Waals surface area contributed by atoms with Crippen LogP contribution in [0, 0.1) is 6.92 Å². The monoisotopic (exact) mass is 251 g/mol. The Balaban J connectivity index is 2.15. The molecule has 1 aliphatic carbocycles. The van der Waals surface area contributed by atoms with E-state index in [1.165, 1.54) is 27.8 Å². The van der Waals surface area contributed by atoms with Crippen LogP contribution in [0.15, 0.2) is 42.5 Å². The van der Waals surface area contributed by atoms with Gasteiger partial charge in [0.25, 0.3) is 0 Å². The minimum atomic E-state index is 0.0235. The second kappa shape index (κ2) is 4.54. The van der Waals surface area contributed by atoms with Crippen LogP contribution in [0.4, 0.5) is 0 Å². The van der Waals surface area contributed by atoms with Crippen LogP contribution in [0.3, 0.4) is 0 Å². The van der Waals surface area contributed by atoms with Crippen molar-refractivity contribution in [3.8, 4) is 11.1 Å². The highest BCUT2D eigenvalue weighted by atomic mass is 16.1. The second-order valence-corrected chi connectivity index (χ2v) is 5.21. The van der Waals surface area contributed by atoms with Crippen molar-refractivity contribution in [3.05, 3.63) is 59.2 Å². The lowest BCUT2D eigenvalue weighted by atomic mass is 9.82. The summed E-state index contributed by atoms with van der Waals surface area (Å²) in [6.45, 7) is 3.69. The Hall–Kier alpha value is -2.09. The van der Waals surface area contributed by atoms with Gasteiger partial charge in [-0.25, -0.2) is 0 Å². The zero-order chi connectivity index (χ0) is 13.4. The van der Waals surface area contributed by atoms with E-state index in [1.807, 2.05) is 6.07 Å². The number of fused-ring (bicyclic) bond motifs is 3. The SMILES string of the molecule is CC(=O)NC1Cc2ccc(C)cc2-c2ccccc21. The van der Waals surface area contributed by atoms with Crippen molar-refractivity contribution in [3.63, 3.8) is 0 Å². The van der Waals surface area contributed by atoms with Crippen molar-refractivity contribution in [1.82, 2.24) is 5.32 Å². The molecule has 1 atom stereocenters. The molecule has 0 fully saturated rings. The number of benzene rings is 2. The summed E-state index contributed by atoms with van der Waals surface area (Å²) in [4.78, 5) is 11.4. The Morgan fingerprint density at radius 1 is 1.16 bits per heavy atom. The Labute approximate surface area is 113 Å². The number of carbonyl (C=O) groups is 1. The van der Waals surface area contributed by atoms with Crippen molar-refractivity contribution in [2.24, 2.45) is 0 Å². The first kappa shape index (κ1) is 12.0. The fourth-order valence-electron chi connectivity index (χ4n) is 2.87. The third-order valence-corrected chi connectivity index (χ3v) is 3.69. The number of hydrogen-bond acceptors (Lipinski definition) is 1. The zero-order valence-corrected chi connectivity index (χ0v) is 11.2. The molecule has 19 heavy (non-hydrogen) atoms. The highest BCUT2D eigenvalue weighted by Crippen LogP contribution is 2.38. The summed E-state index contributed by atoms with van der Waals surface area (Å²) in [7, 11) is 0. The third-order valence-electron chi connectivity index (χ3n) is 3.69. The predicted octanol–water partition coefficient (Wildman–Crippen LogP) is 3.40. The topological polar surface area (TPSA) is 29.1 Å². The maximum absolute atomic E-state index is 11.4. The summed E-state index contributed by atoms with van der Waals surface area (Å²) in [5.74, 6) is 0.0235. The van der Waals surface area contributed by atoms with Gasteiger partial charge in [0.1, 0.15) is 0 Å². The van der Waals surface area contributed by atoms with Crippen LogP contribution >= 0.6 is 0 Å². The van der Waals surface area contributed by atoms with Gasteiger partial charge >= 0.3 is 0 Å². The summed E-state index contributed by atoms with van der Waals surface area (Å²) < 4.78 is 0. The number of nitrogens with one attached hydrogen (secondary N) is 1. The van der Waals surface area contributed by atoms with Gasteiger partial charge in [-0.1, -0.05) is 48.0 Å². The molecule has 0 spiro atoms. The first-order valence-corrected chi connectivity index (χ1v) is 6.61. The number of amides is 1. The molecular weight excluding hydrogens is 234 g/mol. The zero-order valence-electron chi connectivity index (χ0n) is 11.2. The molecule has 0 aromatic heterocycles. The summed E-state index contributed by atoms with van der Waals surface area (Å²) in [6.07, 6.45) is 0.867. The van der Waals surface area contributed by atoms with Gasteiger partial charge in [-0.15, -0.1) is 0 Å². The molecule has 1 amide bonds. The van der Waals surface area contributed by atoms with Crippen LogP contribution in [0.2, 0.25) is 0 Å². The van der Waals surface area contributed by atoms with E-state index in [0.29, 0.717) is 0 Å². The van der Waals surface area contributed by atoms with Crippen LogP contribution in [-0.2, 0) is 11.2 Å². The Morgan fingerprint density at radius 3 is 2.74 bits per heavy atom. The Kier molecular flexibility index (Phi) is 2.86. The number of hydrogen-bond donors (Lipinski definition) is 1. The highest BCUT2D eigenvalue weighted by molar-refractivity contribution is 5.78. The maximum Gasteiger partial charge on any atom is 0.217 e. The molecule has 2 aromatic rings. The minimum absolute atomic E-state index is 0.0235. The first-order chi connectivity index (χ1) is 9.15. The lowest BCUT2D eigenvalue weighted by Gasteiger charge is -2.28. The van der Waals surface area contributed by atoms with Gasteiger partial charge in [-0.05, 0) is 35.6 Å². The van der Waals surface area contributed by atoms with Gasteiger partial charge in [-0.2, -0.15) is 0 Å². The number of aryl methyl sites for hydroxylation is 1. The third kappa shape index (κ3) is 2.14. The Bertz CT molecular complexity index is 645. The van der Waals surface area contributed by atoms with Crippen LogP contribution in [-0.4, -0.2) is 5.91 Å². The van der Waals surface area contributed by atoms with Crippen molar-refractivity contribution < 1.29 is 4.79 Å². The first-order valence-electron chi connectivity index (χ1n) is 6.61. The van der Waals surface area contributed by atoms with Gasteiger partial charge < -0.3 is 5.32 Å². The molecule has 1 unspecified atom stereocenters. The van der Waals surface area contributed by atoms with E-state index in [9.17, 15) is 4.79 Å². The van der Waals surface area contributed by atoms with Gasteiger partial charge in [0.15, 0.2) is 0 Å². The van der Waals surface area contributed by atoms with Crippen molar-refractivity contribution in [1.29, 1.82) is 0 Å². The molecule has 0 bridgehead atoms. The lowest BCUT2D eigenvalue weighted by Crippen LogP contribution is -2.30. The van der Waals surface area contributed by atoms with Gasteiger partial charge in [-0.3, -0.25) is 4.79 Å². The second-order valence-electron chi connectivity index (χ2n) is 5.21. The molecule has 2 heteroatoms. The van der Waals surface area contributed by atoms with E-state index in [1.54, 1.807) is 6.92 Å². The summed E-state index contributed by atoms with van der Waals surface area (Å²) in [6, 6.07) is 15.0. The van der Waals surface area contributed by atoms with E-state index in [2.05, 4.69) is 48.6 Å². The normalized spacial score (nSPS) is 16.4. The molecule has 1 N–H and O–H groups in total. The lowest BCUT2D eigenvalue weighted by molar-refractivity contribution is -0.119. The van der Waals surface area contributed by atoms with Gasteiger partial charge in [0.2, 0.25) is 5.91 Å². The average Bonchev–Trinajstić information content (AvgIpc) is 2.39. The van der Waals surface area contributed by atoms with Crippen molar-refractivity contribution in [2.75, 3.05) is 0 Å². The summed E-state index contributed by atoms with van der Waals surface area (Å²) in [5.41, 5.74) is 6.34. The van der Waals surface area contributed by atoms with Crippen molar-refractivity contribution in [2.45, 2.75) is 26.3 Å². The summed E-state index contributed by atoms with van der Waals surface area (Å²) in [5, 5.41) is 3.05. The van der Waals surface area contributed by atoms with Gasteiger partial charge in [0.05, 0.1) is 6.04 Å². The number of carbonyl (C=O) groups excluding carboxylic acids is 1. The standard InChI is InChI=1S/C17H17NO/c1-11-7-8-13-10-17(18-12(2)19)15-6-4-3-5-14(15)16(13)9-11/h3-9,17H,10H2,1-2H3,(H,18,19). The van der Waals surface area contributed by atoms with Crippen LogP contribution < -0.4 is 5.32 Å². The molecule has 3 rings (SSSR count).